The van der Waals surface area contributed by atoms with Crippen LogP contribution in [-0.2, 0) is 0 Å². The molecule has 0 saturated carbocycles. The second-order valence-corrected chi connectivity index (χ2v) is 5.91. The van der Waals surface area contributed by atoms with Gasteiger partial charge in [-0.1, -0.05) is 13.8 Å². The first-order valence-corrected chi connectivity index (χ1v) is 8.61. The van der Waals surface area contributed by atoms with Crippen LogP contribution in [-0.4, -0.2) is 37.6 Å². The Morgan fingerprint density at radius 3 is 2.47 bits per heavy atom. The van der Waals surface area contributed by atoms with Crippen molar-refractivity contribution in [2.24, 2.45) is 10.9 Å². The van der Waals surface area contributed by atoms with Gasteiger partial charge in [0, 0.05) is 19.6 Å². The Kier molecular flexibility index (Phi) is 18.7. The van der Waals surface area contributed by atoms with Crippen LogP contribution in [0.2, 0.25) is 0 Å². The van der Waals surface area contributed by atoms with Gasteiger partial charge in [0.15, 0.2) is 5.96 Å². The number of hydrogen-bond donors (Lipinski definition) is 2. The van der Waals surface area contributed by atoms with Crippen molar-refractivity contribution < 1.29 is 0 Å². The van der Waals surface area contributed by atoms with E-state index in [1.54, 1.807) is 0 Å². The summed E-state index contributed by atoms with van der Waals surface area (Å²) in [5.74, 6) is 3.01. The zero-order chi connectivity index (χ0) is 13.6. The number of hydrogen-bond acceptors (Lipinski definition) is 2. The molecule has 0 radical (unpaired) electrons. The van der Waals surface area contributed by atoms with Crippen LogP contribution in [0.4, 0.5) is 0 Å². The molecule has 3 nitrogen and oxygen atoms in total. The molecule has 0 aromatic rings. The molecular formula is C14H32IN3S. The van der Waals surface area contributed by atoms with Gasteiger partial charge in [0.2, 0.25) is 0 Å². The van der Waals surface area contributed by atoms with Crippen molar-refractivity contribution >= 4 is 41.7 Å². The van der Waals surface area contributed by atoms with Gasteiger partial charge in [0.1, 0.15) is 0 Å². The maximum absolute atomic E-state index is 4.59. The summed E-state index contributed by atoms with van der Waals surface area (Å²) >= 11 is 1.92. The van der Waals surface area contributed by atoms with E-state index < -0.39 is 0 Å². The molecule has 0 fully saturated rings. The maximum Gasteiger partial charge on any atom is 0.191 e. The van der Waals surface area contributed by atoms with Crippen LogP contribution in [0.25, 0.3) is 0 Å². The summed E-state index contributed by atoms with van der Waals surface area (Å²) in [5.41, 5.74) is 0. The quantitative estimate of drug-likeness (QED) is 0.253. The topological polar surface area (TPSA) is 36.4 Å². The first-order valence-electron chi connectivity index (χ1n) is 7.21. The van der Waals surface area contributed by atoms with Gasteiger partial charge in [-0.3, -0.25) is 4.99 Å². The molecule has 2 N–H and O–H groups in total. The zero-order valence-electron chi connectivity index (χ0n) is 13.0. The third kappa shape index (κ3) is 16.3. The van der Waals surface area contributed by atoms with E-state index in [4.69, 9.17) is 0 Å². The fraction of sp³-hybridized carbons (Fsp3) is 0.929. The first-order chi connectivity index (χ1) is 8.70. The highest BCUT2D eigenvalue weighted by molar-refractivity contribution is 14.0. The number of nitrogens with one attached hydrogen (secondary N) is 2. The second kappa shape index (κ2) is 16.4. The van der Waals surface area contributed by atoms with Gasteiger partial charge in [0.05, 0.1) is 0 Å². The van der Waals surface area contributed by atoms with Gasteiger partial charge in [-0.15, -0.1) is 24.0 Å². The van der Waals surface area contributed by atoms with E-state index in [0.29, 0.717) is 0 Å². The standard InChI is InChI=1S/C14H31N3S.HI/c1-5-15-14(16-10-6-7-12-18-4)17-11-8-9-13(2)3;/h13H,5-12H2,1-4H3,(H2,15,16,17);1H. The van der Waals surface area contributed by atoms with Crippen LogP contribution < -0.4 is 10.6 Å². The predicted molar refractivity (Wildman–Crippen MR) is 101 cm³/mol. The molecule has 0 atom stereocenters. The monoisotopic (exact) mass is 401 g/mol. The minimum atomic E-state index is 0. The lowest BCUT2D eigenvalue weighted by Gasteiger charge is -2.11. The first kappa shape index (κ1) is 21.6. The van der Waals surface area contributed by atoms with Crippen LogP contribution in [0, 0.1) is 5.92 Å². The van der Waals surface area contributed by atoms with E-state index in [-0.39, 0.29) is 24.0 Å². The summed E-state index contributed by atoms with van der Waals surface area (Å²) in [5, 5.41) is 6.69. The molecule has 0 amide bonds. The van der Waals surface area contributed by atoms with Crippen molar-refractivity contribution in [2.75, 3.05) is 31.6 Å². The summed E-state index contributed by atoms with van der Waals surface area (Å²) < 4.78 is 0. The third-order valence-electron chi connectivity index (χ3n) is 2.62. The van der Waals surface area contributed by atoms with Crippen LogP contribution in [0.3, 0.4) is 0 Å². The maximum atomic E-state index is 4.59. The Bertz CT molecular complexity index is 211. The number of rotatable bonds is 10. The zero-order valence-corrected chi connectivity index (χ0v) is 16.1. The van der Waals surface area contributed by atoms with Gasteiger partial charge < -0.3 is 10.6 Å². The van der Waals surface area contributed by atoms with Crippen molar-refractivity contribution in [3.63, 3.8) is 0 Å². The number of nitrogens with zero attached hydrogens (tertiary/aromatic N) is 1. The van der Waals surface area contributed by atoms with Crippen LogP contribution in [0.5, 0.6) is 0 Å². The highest BCUT2D eigenvalue weighted by atomic mass is 127. The van der Waals surface area contributed by atoms with Crippen molar-refractivity contribution in [3.05, 3.63) is 0 Å². The SMILES string of the molecule is CCNC(=NCCCC(C)C)NCCCCSC.I. The van der Waals surface area contributed by atoms with Gasteiger partial charge in [-0.2, -0.15) is 11.8 Å². The van der Waals surface area contributed by atoms with Crippen LogP contribution in [0.15, 0.2) is 4.99 Å². The van der Waals surface area contributed by atoms with E-state index >= 15 is 0 Å². The average molecular weight is 401 g/mol. The molecule has 0 aromatic heterocycles. The molecule has 116 valence electrons. The summed E-state index contributed by atoms with van der Waals surface area (Å²) in [6.45, 7) is 9.52. The fourth-order valence-corrected chi connectivity index (χ4v) is 2.10. The molecule has 0 spiro atoms. The lowest BCUT2D eigenvalue weighted by atomic mass is 10.1. The molecule has 0 aliphatic rings. The van der Waals surface area contributed by atoms with E-state index in [0.717, 1.165) is 31.5 Å². The largest absolute Gasteiger partial charge is 0.357 e. The summed E-state index contributed by atoms with van der Waals surface area (Å²) in [6.07, 6.45) is 7.10. The van der Waals surface area contributed by atoms with Gasteiger partial charge in [-0.05, 0) is 50.5 Å². The predicted octanol–water partition coefficient (Wildman–Crippen LogP) is 3.74. The summed E-state index contributed by atoms with van der Waals surface area (Å²) in [7, 11) is 0. The summed E-state index contributed by atoms with van der Waals surface area (Å²) in [6, 6.07) is 0. The highest BCUT2D eigenvalue weighted by Crippen LogP contribution is 2.02. The third-order valence-corrected chi connectivity index (χ3v) is 3.32. The molecule has 0 aliphatic heterocycles. The Morgan fingerprint density at radius 1 is 1.16 bits per heavy atom. The molecular weight excluding hydrogens is 369 g/mol. The van der Waals surface area contributed by atoms with Crippen LogP contribution >= 0.6 is 35.7 Å². The second-order valence-electron chi connectivity index (χ2n) is 4.92. The minimum Gasteiger partial charge on any atom is -0.357 e. The Labute approximate surface area is 141 Å². The number of unbranched alkanes of at least 4 members (excludes halogenated alkanes) is 1. The highest BCUT2D eigenvalue weighted by Gasteiger charge is 1.97. The van der Waals surface area contributed by atoms with Gasteiger partial charge >= 0.3 is 0 Å². The molecule has 19 heavy (non-hydrogen) atoms. The lowest BCUT2D eigenvalue weighted by Crippen LogP contribution is -2.37. The van der Waals surface area contributed by atoms with Crippen molar-refractivity contribution in [2.45, 2.75) is 46.5 Å². The van der Waals surface area contributed by atoms with Gasteiger partial charge in [-0.25, -0.2) is 0 Å². The molecule has 0 saturated heterocycles. The van der Waals surface area contributed by atoms with E-state index in [2.05, 4.69) is 42.7 Å². The minimum absolute atomic E-state index is 0. The number of halogens is 1. The normalized spacial score (nSPS) is 11.3. The number of aliphatic imine (C=N–C) groups is 1. The van der Waals surface area contributed by atoms with Crippen molar-refractivity contribution in [3.8, 4) is 0 Å². The fourth-order valence-electron chi connectivity index (χ4n) is 1.61. The molecule has 0 rings (SSSR count). The molecule has 5 heteroatoms. The number of guanidine groups is 1. The van der Waals surface area contributed by atoms with E-state index in [1.165, 1.54) is 31.4 Å². The van der Waals surface area contributed by atoms with E-state index in [9.17, 15) is 0 Å². The molecule has 0 heterocycles. The van der Waals surface area contributed by atoms with Crippen LogP contribution in [0.1, 0.15) is 46.5 Å². The smallest absolute Gasteiger partial charge is 0.191 e. The van der Waals surface area contributed by atoms with Crippen molar-refractivity contribution in [1.29, 1.82) is 0 Å². The summed E-state index contributed by atoms with van der Waals surface area (Å²) in [4.78, 5) is 4.59. The van der Waals surface area contributed by atoms with E-state index in [1.807, 2.05) is 11.8 Å². The molecule has 0 bridgehead atoms. The van der Waals surface area contributed by atoms with Crippen molar-refractivity contribution in [1.82, 2.24) is 10.6 Å². The Morgan fingerprint density at radius 2 is 1.89 bits per heavy atom. The molecule has 0 unspecified atom stereocenters. The Hall–Kier alpha value is 0.350. The molecule has 0 aromatic carbocycles. The molecule has 0 aliphatic carbocycles. The van der Waals surface area contributed by atoms with Gasteiger partial charge in [0.25, 0.3) is 0 Å². The number of thioether (sulfide) groups is 1. The lowest BCUT2D eigenvalue weighted by molar-refractivity contribution is 0.560. The Balaban J connectivity index is 0. The average Bonchev–Trinajstić information content (AvgIpc) is 2.33.